The largest absolute Gasteiger partial charge is 0.508 e. The van der Waals surface area contributed by atoms with Crippen LogP contribution in [0.5, 0.6) is 5.75 Å². The van der Waals surface area contributed by atoms with Crippen LogP contribution in [0.2, 0.25) is 0 Å². The molecule has 0 aliphatic carbocycles. The molecule has 4 aromatic rings. The Kier molecular flexibility index (Phi) is 6.22. The number of nitrogen functional groups attached to an aromatic ring is 1. The van der Waals surface area contributed by atoms with Crippen molar-refractivity contribution in [1.82, 2.24) is 9.97 Å². The Hall–Kier alpha value is -4.45. The minimum absolute atomic E-state index is 0.156. The highest BCUT2D eigenvalue weighted by Gasteiger charge is 2.11. The fraction of sp³-hybridized carbons (Fsp3) is 0.0385. The molecule has 0 spiro atoms. The number of nitrogens with one attached hydrogen (secondary N) is 1. The molecule has 0 radical (unpaired) electrons. The average Bonchev–Trinajstić information content (AvgIpc) is 2.81. The molecular weight excluding hydrogens is 400 g/mol. The summed E-state index contributed by atoms with van der Waals surface area (Å²) in [4.78, 5) is 21.8. The number of amides is 1. The first-order valence-electron chi connectivity index (χ1n) is 10.1. The lowest BCUT2D eigenvalue weighted by molar-refractivity contribution is -0.115. The number of phenolic OH excluding ortho intramolecular Hbond substituents is 1. The monoisotopic (exact) mass is 422 g/mol. The molecule has 0 bridgehead atoms. The molecule has 0 unspecified atom stereocenters. The van der Waals surface area contributed by atoms with Crippen LogP contribution < -0.4 is 11.1 Å². The smallest absolute Gasteiger partial charge is 0.230 e. The summed E-state index contributed by atoms with van der Waals surface area (Å²) < 4.78 is 0. The number of nitrogens with zero attached hydrogens (tertiary/aromatic N) is 2. The van der Waals surface area contributed by atoms with E-state index < -0.39 is 0 Å². The summed E-state index contributed by atoms with van der Waals surface area (Å²) in [6.45, 7) is 0. The summed E-state index contributed by atoms with van der Waals surface area (Å²) in [5.74, 6) is 0.311. The van der Waals surface area contributed by atoms with Crippen LogP contribution >= 0.6 is 0 Å². The van der Waals surface area contributed by atoms with E-state index in [2.05, 4.69) is 10.3 Å². The van der Waals surface area contributed by atoms with E-state index in [-0.39, 0.29) is 18.1 Å². The van der Waals surface area contributed by atoms with Gasteiger partial charge in [-0.05, 0) is 41.5 Å². The van der Waals surface area contributed by atoms with Gasteiger partial charge in [0.25, 0.3) is 0 Å². The Morgan fingerprint density at radius 3 is 2.38 bits per heavy atom. The summed E-state index contributed by atoms with van der Waals surface area (Å²) in [6, 6.07) is 23.7. The number of nitrogens with two attached hydrogens (primary N) is 1. The number of aromatic nitrogens is 2. The lowest BCUT2D eigenvalue weighted by Gasteiger charge is -2.10. The van der Waals surface area contributed by atoms with Gasteiger partial charge in [-0.15, -0.1) is 0 Å². The zero-order chi connectivity index (χ0) is 22.3. The topological polar surface area (TPSA) is 101 Å². The molecule has 4 N–H and O–H groups in total. The molecule has 4 rings (SSSR count). The lowest BCUT2D eigenvalue weighted by atomic mass is 10.1. The lowest BCUT2D eigenvalue weighted by Crippen LogP contribution is -2.16. The predicted molar refractivity (Wildman–Crippen MR) is 128 cm³/mol. The minimum atomic E-state index is -0.223. The zero-order valence-electron chi connectivity index (χ0n) is 17.3. The van der Waals surface area contributed by atoms with Gasteiger partial charge in [0.15, 0.2) is 5.82 Å². The molecule has 6 heteroatoms. The van der Waals surface area contributed by atoms with Crippen molar-refractivity contribution in [2.24, 2.45) is 0 Å². The van der Waals surface area contributed by atoms with Gasteiger partial charge >= 0.3 is 0 Å². The van der Waals surface area contributed by atoms with Gasteiger partial charge in [-0.2, -0.15) is 0 Å². The summed E-state index contributed by atoms with van der Waals surface area (Å²) in [7, 11) is 0. The molecule has 158 valence electrons. The summed E-state index contributed by atoms with van der Waals surface area (Å²) in [5.41, 5.74) is 10.3. The van der Waals surface area contributed by atoms with Crippen LogP contribution in [0, 0.1) is 0 Å². The van der Waals surface area contributed by atoms with Crippen molar-refractivity contribution in [2.75, 3.05) is 11.1 Å². The second kappa shape index (κ2) is 9.57. The first-order valence-corrected chi connectivity index (χ1v) is 10.1. The molecule has 0 atom stereocenters. The van der Waals surface area contributed by atoms with Crippen LogP contribution in [0.1, 0.15) is 16.8 Å². The number of aromatic hydroxyl groups is 1. The third kappa shape index (κ3) is 5.37. The molecule has 0 saturated carbocycles. The van der Waals surface area contributed by atoms with Gasteiger partial charge in [0.05, 0.1) is 18.3 Å². The highest BCUT2D eigenvalue weighted by atomic mass is 16.3. The van der Waals surface area contributed by atoms with E-state index in [0.29, 0.717) is 22.9 Å². The quantitative estimate of drug-likeness (QED) is 0.388. The van der Waals surface area contributed by atoms with E-state index in [9.17, 15) is 9.90 Å². The van der Waals surface area contributed by atoms with Crippen LogP contribution in [-0.2, 0) is 11.2 Å². The van der Waals surface area contributed by atoms with Gasteiger partial charge in [-0.25, -0.2) is 9.97 Å². The number of carbonyl (C=O) groups excluding carboxylic acids is 1. The van der Waals surface area contributed by atoms with Crippen molar-refractivity contribution in [2.45, 2.75) is 6.42 Å². The normalized spacial score (nSPS) is 10.9. The number of phenols is 1. The van der Waals surface area contributed by atoms with Crippen LogP contribution in [0.25, 0.3) is 23.4 Å². The van der Waals surface area contributed by atoms with Crippen molar-refractivity contribution in [1.29, 1.82) is 0 Å². The number of hydrogen-bond acceptors (Lipinski definition) is 5. The fourth-order valence-electron chi connectivity index (χ4n) is 3.12. The molecule has 1 amide bonds. The Bertz CT molecular complexity index is 1240. The maximum atomic E-state index is 12.6. The maximum Gasteiger partial charge on any atom is 0.230 e. The summed E-state index contributed by atoms with van der Waals surface area (Å²) in [5, 5.41) is 12.3. The predicted octanol–water partition coefficient (Wildman–Crippen LogP) is 4.78. The molecule has 0 fully saturated rings. The van der Waals surface area contributed by atoms with E-state index in [1.165, 1.54) is 0 Å². The number of benzene rings is 3. The fourth-order valence-corrected chi connectivity index (χ4v) is 3.12. The summed E-state index contributed by atoms with van der Waals surface area (Å²) >= 11 is 0. The molecule has 1 aromatic heterocycles. The van der Waals surface area contributed by atoms with Crippen molar-refractivity contribution in [3.05, 3.63) is 102 Å². The Morgan fingerprint density at radius 2 is 1.66 bits per heavy atom. The minimum Gasteiger partial charge on any atom is -0.508 e. The van der Waals surface area contributed by atoms with Gasteiger partial charge in [0.1, 0.15) is 11.4 Å². The second-order valence-electron chi connectivity index (χ2n) is 7.25. The summed E-state index contributed by atoms with van der Waals surface area (Å²) in [6.07, 6.45) is 5.54. The number of hydrogen-bond donors (Lipinski definition) is 3. The van der Waals surface area contributed by atoms with Gasteiger partial charge < -0.3 is 16.2 Å². The van der Waals surface area contributed by atoms with E-state index in [1.807, 2.05) is 66.7 Å². The molecule has 32 heavy (non-hydrogen) atoms. The number of anilines is 2. The second-order valence-corrected chi connectivity index (χ2v) is 7.25. The Labute approximate surface area is 186 Å². The molecule has 0 aliphatic rings. The van der Waals surface area contributed by atoms with Gasteiger partial charge in [0.2, 0.25) is 5.91 Å². The molecule has 1 heterocycles. The van der Waals surface area contributed by atoms with Crippen LogP contribution in [0.4, 0.5) is 11.5 Å². The molecule has 3 aromatic carbocycles. The molecule has 0 saturated heterocycles. The molecule has 0 aliphatic heterocycles. The van der Waals surface area contributed by atoms with Gasteiger partial charge in [-0.1, -0.05) is 60.7 Å². The van der Waals surface area contributed by atoms with Crippen molar-refractivity contribution >= 4 is 29.6 Å². The van der Waals surface area contributed by atoms with E-state index in [1.54, 1.807) is 30.5 Å². The number of rotatable bonds is 6. The van der Waals surface area contributed by atoms with E-state index in [0.717, 1.165) is 16.7 Å². The van der Waals surface area contributed by atoms with Crippen LogP contribution in [-0.4, -0.2) is 21.0 Å². The average molecular weight is 422 g/mol. The third-order valence-electron chi connectivity index (χ3n) is 4.80. The van der Waals surface area contributed by atoms with Crippen LogP contribution in [0.15, 0.2) is 85.1 Å². The highest BCUT2D eigenvalue weighted by Crippen LogP contribution is 2.22. The SMILES string of the molecule is Nc1ccc(-c2cnc(NC(=O)Cc3ccc(O)cc3)c(/C=C/c3ccccc3)n2)cc1. The number of carbonyl (C=O) groups is 1. The van der Waals surface area contributed by atoms with Gasteiger partial charge in [0, 0.05) is 11.3 Å². The van der Waals surface area contributed by atoms with Crippen molar-refractivity contribution in [3.63, 3.8) is 0 Å². The van der Waals surface area contributed by atoms with Crippen LogP contribution in [0.3, 0.4) is 0 Å². The van der Waals surface area contributed by atoms with Crippen molar-refractivity contribution < 1.29 is 9.90 Å². The highest BCUT2D eigenvalue weighted by molar-refractivity contribution is 5.93. The Balaban J connectivity index is 1.62. The van der Waals surface area contributed by atoms with Gasteiger partial charge in [-0.3, -0.25) is 4.79 Å². The van der Waals surface area contributed by atoms with E-state index in [4.69, 9.17) is 10.7 Å². The Morgan fingerprint density at radius 1 is 0.938 bits per heavy atom. The first-order chi connectivity index (χ1) is 15.6. The van der Waals surface area contributed by atoms with E-state index >= 15 is 0 Å². The van der Waals surface area contributed by atoms with Crippen molar-refractivity contribution in [3.8, 4) is 17.0 Å². The zero-order valence-corrected chi connectivity index (χ0v) is 17.3. The third-order valence-corrected chi connectivity index (χ3v) is 4.80. The standard InChI is InChI=1S/C26H22N4O2/c27-21-11-9-20(10-12-21)24-17-28-26(23(29-24)15-8-18-4-2-1-3-5-18)30-25(32)16-19-6-13-22(31)14-7-19/h1-15,17,31H,16,27H2,(H,28,30,32)/b15-8+. The maximum absolute atomic E-state index is 12.6. The molecule has 6 nitrogen and oxygen atoms in total. The molecular formula is C26H22N4O2. The first kappa shape index (κ1) is 20.8.